The second-order valence-corrected chi connectivity index (χ2v) is 8.21. The third-order valence-electron chi connectivity index (χ3n) is 5.74. The molecule has 0 atom stereocenters. The summed E-state index contributed by atoms with van der Waals surface area (Å²) in [6, 6.07) is 7.15. The topological polar surface area (TPSA) is 101 Å². The van der Waals surface area contributed by atoms with Gasteiger partial charge < -0.3 is 24.1 Å². The average Bonchev–Trinajstić information content (AvgIpc) is 3.55. The number of anilines is 2. The summed E-state index contributed by atoms with van der Waals surface area (Å²) in [6.45, 7) is 5.64. The van der Waals surface area contributed by atoms with E-state index in [1.54, 1.807) is 36.1 Å². The Hall–Kier alpha value is -5.00. The van der Waals surface area contributed by atoms with Gasteiger partial charge >= 0.3 is 0 Å². The van der Waals surface area contributed by atoms with E-state index in [1.165, 1.54) is 33.6 Å². The molecule has 2 aromatic carbocycles. The molecule has 0 unspecified atom stereocenters. The number of imidazole rings is 1. The largest absolute Gasteiger partial charge is 0.493 e. The first-order chi connectivity index (χ1) is 18.3. The van der Waals surface area contributed by atoms with Crippen LogP contribution < -0.4 is 19.5 Å². The number of fused-ring (bicyclic) bond motifs is 1. The Morgan fingerprint density at radius 3 is 2.29 bits per heavy atom. The molecule has 194 valence electrons. The molecule has 3 aromatic heterocycles. The number of hydrogen-bond donors (Lipinski definition) is 1. The zero-order chi connectivity index (χ0) is 27.0. The molecule has 12 heteroatoms. The van der Waals surface area contributed by atoms with E-state index in [0.29, 0.717) is 45.5 Å². The smallest absolute Gasteiger partial charge is 0.203 e. The normalized spacial score (nSPS) is 11.0. The van der Waals surface area contributed by atoms with Gasteiger partial charge in [0, 0.05) is 12.1 Å². The molecular weight excluding hydrogens is 496 g/mol. The van der Waals surface area contributed by atoms with Crippen LogP contribution in [0.1, 0.15) is 12.7 Å². The maximum atomic E-state index is 14.6. The van der Waals surface area contributed by atoms with Crippen molar-refractivity contribution >= 4 is 28.2 Å². The van der Waals surface area contributed by atoms with Crippen LogP contribution in [0.5, 0.6) is 17.2 Å². The van der Waals surface area contributed by atoms with Crippen molar-refractivity contribution in [1.29, 1.82) is 0 Å². The summed E-state index contributed by atoms with van der Waals surface area (Å²) in [4.78, 5) is 13.4. The number of aromatic nitrogens is 6. The van der Waals surface area contributed by atoms with E-state index in [4.69, 9.17) is 14.2 Å². The van der Waals surface area contributed by atoms with Crippen LogP contribution >= 0.6 is 0 Å². The fourth-order valence-electron chi connectivity index (χ4n) is 3.92. The zero-order valence-corrected chi connectivity index (χ0v) is 21.0. The minimum absolute atomic E-state index is 0.202. The third-order valence-corrected chi connectivity index (χ3v) is 5.74. The van der Waals surface area contributed by atoms with Crippen molar-refractivity contribution < 1.29 is 23.0 Å². The van der Waals surface area contributed by atoms with E-state index in [2.05, 4.69) is 31.9 Å². The lowest BCUT2D eigenvalue weighted by Gasteiger charge is -2.14. The molecule has 0 amide bonds. The number of methoxy groups -OCH3 is 3. The van der Waals surface area contributed by atoms with Gasteiger partial charge in [-0.2, -0.15) is 5.10 Å². The van der Waals surface area contributed by atoms with Crippen LogP contribution in [-0.2, 0) is 0 Å². The van der Waals surface area contributed by atoms with Crippen molar-refractivity contribution in [2.45, 2.75) is 6.92 Å². The molecule has 38 heavy (non-hydrogen) atoms. The molecule has 5 aromatic rings. The van der Waals surface area contributed by atoms with E-state index in [-0.39, 0.29) is 17.2 Å². The number of para-hydroxylation sites is 1. The van der Waals surface area contributed by atoms with Crippen LogP contribution in [0.2, 0.25) is 0 Å². The summed E-state index contributed by atoms with van der Waals surface area (Å²) >= 11 is 0. The van der Waals surface area contributed by atoms with Crippen LogP contribution in [-0.4, -0.2) is 50.6 Å². The molecule has 0 radical (unpaired) electrons. The summed E-state index contributed by atoms with van der Waals surface area (Å²) < 4.78 is 48.2. The first kappa shape index (κ1) is 24.7. The molecule has 0 saturated carbocycles. The van der Waals surface area contributed by atoms with Gasteiger partial charge in [0.1, 0.15) is 23.7 Å². The monoisotopic (exact) mass is 519 g/mol. The number of ether oxygens (including phenoxy) is 3. The summed E-state index contributed by atoms with van der Waals surface area (Å²) in [5, 5.41) is 7.78. The Balaban J connectivity index is 1.57. The molecule has 0 spiro atoms. The Kier molecular flexibility index (Phi) is 6.37. The summed E-state index contributed by atoms with van der Waals surface area (Å²) in [6.07, 6.45) is 4.76. The molecule has 1 N–H and O–H groups in total. The maximum absolute atomic E-state index is 14.6. The van der Waals surface area contributed by atoms with Crippen LogP contribution in [0.25, 0.3) is 28.0 Å². The Labute approximate surface area is 216 Å². The first-order valence-electron chi connectivity index (χ1n) is 11.3. The number of hydrogen-bond acceptors (Lipinski definition) is 8. The fourth-order valence-corrected chi connectivity index (χ4v) is 3.92. The number of allylic oxidation sites excluding steroid dienone is 1. The predicted octanol–water partition coefficient (Wildman–Crippen LogP) is 5.08. The molecule has 0 aliphatic carbocycles. The van der Waals surface area contributed by atoms with Crippen molar-refractivity contribution in [3.05, 3.63) is 73.1 Å². The van der Waals surface area contributed by atoms with Crippen LogP contribution in [0.4, 0.5) is 20.4 Å². The van der Waals surface area contributed by atoms with Gasteiger partial charge in [0.15, 0.2) is 34.6 Å². The second kappa shape index (κ2) is 9.81. The number of halogens is 2. The van der Waals surface area contributed by atoms with Crippen molar-refractivity contribution in [2.75, 3.05) is 26.6 Å². The van der Waals surface area contributed by atoms with Gasteiger partial charge in [-0.15, -0.1) is 0 Å². The number of nitrogens with one attached hydrogen (secondary N) is 1. The zero-order valence-electron chi connectivity index (χ0n) is 21.0. The van der Waals surface area contributed by atoms with E-state index in [1.807, 2.05) is 0 Å². The number of rotatable bonds is 8. The minimum Gasteiger partial charge on any atom is -0.493 e. The van der Waals surface area contributed by atoms with Gasteiger partial charge in [0.05, 0.1) is 44.8 Å². The third kappa shape index (κ3) is 4.25. The van der Waals surface area contributed by atoms with Gasteiger partial charge in [-0.3, -0.25) is 0 Å². The van der Waals surface area contributed by atoms with Crippen LogP contribution in [0.15, 0.2) is 55.6 Å². The van der Waals surface area contributed by atoms with Gasteiger partial charge in [-0.05, 0) is 24.6 Å². The summed E-state index contributed by atoms with van der Waals surface area (Å²) in [5.74, 6) is 0.956. The molecule has 0 bridgehead atoms. The number of nitrogens with zero attached hydrogens (tertiary/aromatic N) is 6. The van der Waals surface area contributed by atoms with Gasteiger partial charge in [-0.25, -0.2) is 28.4 Å². The minimum atomic E-state index is -0.774. The van der Waals surface area contributed by atoms with Gasteiger partial charge in [0.25, 0.3) is 0 Å². The quantitative estimate of drug-likeness (QED) is 0.303. The maximum Gasteiger partial charge on any atom is 0.203 e. The van der Waals surface area contributed by atoms with E-state index < -0.39 is 11.6 Å². The molecule has 10 nitrogen and oxygen atoms in total. The SMILES string of the molecule is C=C(C)c1nc(Nc2cn(-c3cc(OC)c(OC)c(OC)c3)cn2)c2cnn(-c3c(F)cccc3F)c2n1. The molecule has 0 aliphatic heterocycles. The fraction of sp³-hybridized carbons (Fsp3) is 0.154. The highest BCUT2D eigenvalue weighted by Gasteiger charge is 2.20. The van der Waals surface area contributed by atoms with Crippen molar-refractivity contribution in [3.8, 4) is 28.6 Å². The van der Waals surface area contributed by atoms with Crippen molar-refractivity contribution in [1.82, 2.24) is 29.3 Å². The molecule has 0 fully saturated rings. The second-order valence-electron chi connectivity index (χ2n) is 8.21. The summed E-state index contributed by atoms with van der Waals surface area (Å²) in [7, 11) is 4.60. The van der Waals surface area contributed by atoms with E-state index in [0.717, 1.165) is 16.8 Å². The van der Waals surface area contributed by atoms with Crippen molar-refractivity contribution in [2.24, 2.45) is 0 Å². The highest BCUT2D eigenvalue weighted by Crippen LogP contribution is 2.39. The van der Waals surface area contributed by atoms with E-state index in [9.17, 15) is 8.78 Å². The molecule has 5 rings (SSSR count). The molecule has 0 saturated heterocycles. The van der Waals surface area contributed by atoms with Crippen LogP contribution in [0, 0.1) is 11.6 Å². The molecule has 0 aliphatic rings. The molecule has 3 heterocycles. The van der Waals surface area contributed by atoms with Gasteiger partial charge in [0.2, 0.25) is 5.75 Å². The molecular formula is C26H23F2N7O3. The highest BCUT2D eigenvalue weighted by atomic mass is 19.1. The van der Waals surface area contributed by atoms with Crippen LogP contribution in [0.3, 0.4) is 0 Å². The lowest BCUT2D eigenvalue weighted by atomic mass is 10.2. The van der Waals surface area contributed by atoms with Crippen molar-refractivity contribution in [3.63, 3.8) is 0 Å². The Morgan fingerprint density at radius 2 is 1.68 bits per heavy atom. The van der Waals surface area contributed by atoms with E-state index >= 15 is 0 Å². The summed E-state index contributed by atoms with van der Waals surface area (Å²) in [5.41, 5.74) is 1.12. The average molecular weight is 520 g/mol. The lowest BCUT2D eigenvalue weighted by molar-refractivity contribution is 0.324. The van der Waals surface area contributed by atoms with Gasteiger partial charge in [-0.1, -0.05) is 12.6 Å². The first-order valence-corrected chi connectivity index (χ1v) is 11.3. The Bertz CT molecular complexity index is 1630. The standard InChI is InChI=1S/C26H23F2N7O3/c1-14(2)24-32-25(16-11-30-35(26(16)33-24)22-17(27)7-6-8-18(22)28)31-21-12-34(13-29-21)15-9-19(36-3)23(38-5)20(10-15)37-4/h6-13H,1H2,2-5H3,(H,31,32,33). The lowest BCUT2D eigenvalue weighted by Crippen LogP contribution is -2.06. The Morgan fingerprint density at radius 1 is 1.00 bits per heavy atom. The number of benzene rings is 2. The highest BCUT2D eigenvalue weighted by molar-refractivity contribution is 5.90. The predicted molar refractivity (Wildman–Crippen MR) is 138 cm³/mol.